The van der Waals surface area contributed by atoms with Gasteiger partial charge in [-0.25, -0.2) is 0 Å². The van der Waals surface area contributed by atoms with Crippen LogP contribution in [0.4, 0.5) is 0 Å². The molecule has 0 radical (unpaired) electrons. The van der Waals surface area contributed by atoms with Crippen molar-refractivity contribution in [3.8, 4) is 0 Å². The number of hydrogen-bond acceptors (Lipinski definition) is 6. The normalized spacial score (nSPS) is 12.5. The molecular weight excluding hydrogens is 458 g/mol. The highest BCUT2D eigenvalue weighted by atomic mass is 32.2. The quantitative estimate of drug-likeness (QED) is 0.136. The van der Waals surface area contributed by atoms with Gasteiger partial charge in [0, 0.05) is 25.6 Å². The summed E-state index contributed by atoms with van der Waals surface area (Å²) >= 11 is 4.95. The number of carbonyl (C=O) groups is 2. The molecule has 0 saturated carbocycles. The van der Waals surface area contributed by atoms with Gasteiger partial charge in [-0.15, -0.1) is 0 Å². The van der Waals surface area contributed by atoms with Gasteiger partial charge < -0.3 is 10.6 Å². The smallest absolute Gasteiger partial charge is 0.226 e. The lowest BCUT2D eigenvalue weighted by atomic mass is 9.99. The van der Waals surface area contributed by atoms with Gasteiger partial charge in [0.05, 0.1) is 5.03 Å². The van der Waals surface area contributed by atoms with Crippen LogP contribution in [-0.4, -0.2) is 41.3 Å². The maximum absolute atomic E-state index is 12.1. The van der Waals surface area contributed by atoms with E-state index in [1.807, 2.05) is 11.8 Å². The minimum atomic E-state index is 0.0435. The number of rotatable bonds is 17. The molecule has 0 aromatic rings. The predicted molar refractivity (Wildman–Crippen MR) is 147 cm³/mol. The first-order valence-corrected chi connectivity index (χ1v) is 14.5. The van der Waals surface area contributed by atoms with E-state index in [4.69, 9.17) is 0 Å². The molecule has 0 aliphatic heterocycles. The molecule has 1 atom stereocenters. The average molecular weight is 502 g/mol. The third-order valence-electron chi connectivity index (χ3n) is 5.05. The van der Waals surface area contributed by atoms with E-state index in [2.05, 4.69) is 56.5 Å². The van der Waals surface area contributed by atoms with Crippen molar-refractivity contribution in [2.45, 2.75) is 72.6 Å². The fourth-order valence-corrected chi connectivity index (χ4v) is 5.47. The fourth-order valence-electron chi connectivity index (χ4n) is 2.70. The van der Waals surface area contributed by atoms with Crippen molar-refractivity contribution < 1.29 is 9.59 Å². The Kier molecular flexibility index (Phi) is 19.1. The van der Waals surface area contributed by atoms with E-state index in [-0.39, 0.29) is 11.8 Å². The van der Waals surface area contributed by atoms with Gasteiger partial charge in [0.1, 0.15) is 0 Å². The van der Waals surface area contributed by atoms with Crippen LogP contribution in [0.1, 0.15) is 72.6 Å². The number of nitrogens with zero attached hydrogens (tertiary/aromatic N) is 1. The first-order chi connectivity index (χ1) is 15.2. The monoisotopic (exact) mass is 501 g/mol. The Morgan fingerprint density at radius 3 is 2.19 bits per heavy atom. The van der Waals surface area contributed by atoms with E-state index >= 15 is 0 Å². The fraction of sp³-hybridized carbons (Fsp3) is 0.708. The molecule has 0 saturated heterocycles. The van der Waals surface area contributed by atoms with E-state index < -0.39 is 0 Å². The summed E-state index contributed by atoms with van der Waals surface area (Å²) in [7, 11) is 1.71. The Morgan fingerprint density at radius 2 is 1.59 bits per heavy atom. The van der Waals surface area contributed by atoms with E-state index in [1.165, 1.54) is 11.8 Å². The molecule has 8 heteroatoms. The van der Waals surface area contributed by atoms with Crippen LogP contribution in [0.2, 0.25) is 0 Å². The first kappa shape index (κ1) is 31.1. The number of aliphatic imine (C=N–C) groups is 1. The van der Waals surface area contributed by atoms with Gasteiger partial charge in [-0.3, -0.25) is 14.6 Å². The number of hydrogen-bond donors (Lipinski definition) is 2. The van der Waals surface area contributed by atoms with Crippen LogP contribution in [0.25, 0.3) is 0 Å². The maximum Gasteiger partial charge on any atom is 0.226 e. The van der Waals surface area contributed by atoms with Crippen LogP contribution >= 0.6 is 35.3 Å². The molecule has 0 bridgehead atoms. The highest BCUT2D eigenvalue weighted by Gasteiger charge is 2.12. The molecule has 0 rings (SSSR count). The summed E-state index contributed by atoms with van der Waals surface area (Å²) in [4.78, 5) is 29.2. The van der Waals surface area contributed by atoms with Gasteiger partial charge in [0.15, 0.2) is 5.17 Å². The largest absolute Gasteiger partial charge is 0.321 e. The molecule has 0 heterocycles. The second kappa shape index (κ2) is 19.6. The predicted octanol–water partition coefficient (Wildman–Crippen LogP) is 6.43. The van der Waals surface area contributed by atoms with Crippen LogP contribution in [-0.2, 0) is 9.59 Å². The molecule has 0 aliphatic rings. The molecule has 0 spiro atoms. The van der Waals surface area contributed by atoms with E-state index in [9.17, 15) is 9.59 Å². The summed E-state index contributed by atoms with van der Waals surface area (Å²) in [6.45, 7) is 16.5. The van der Waals surface area contributed by atoms with Crippen molar-refractivity contribution in [2.24, 2.45) is 16.8 Å². The average Bonchev–Trinajstić information content (AvgIpc) is 2.75. The molecule has 0 aliphatic carbocycles. The zero-order chi connectivity index (χ0) is 24.4. The minimum absolute atomic E-state index is 0.0435. The van der Waals surface area contributed by atoms with Gasteiger partial charge in [-0.1, -0.05) is 83.6 Å². The molecule has 0 aromatic heterocycles. The molecule has 32 heavy (non-hydrogen) atoms. The van der Waals surface area contributed by atoms with Crippen LogP contribution < -0.4 is 10.6 Å². The molecular formula is C24H43N3O2S3. The lowest BCUT2D eigenvalue weighted by Crippen LogP contribution is -2.29. The van der Waals surface area contributed by atoms with Crippen LogP contribution in [0.15, 0.2) is 28.1 Å². The van der Waals surface area contributed by atoms with Gasteiger partial charge in [-0.05, 0) is 41.1 Å². The van der Waals surface area contributed by atoms with Crippen LogP contribution in [0, 0.1) is 11.8 Å². The highest BCUT2D eigenvalue weighted by molar-refractivity contribution is 8.13. The maximum atomic E-state index is 12.1. The third-order valence-corrected chi connectivity index (χ3v) is 8.01. The molecule has 5 nitrogen and oxygen atoms in total. The third kappa shape index (κ3) is 16.7. The summed E-state index contributed by atoms with van der Waals surface area (Å²) in [5.41, 5.74) is 0. The van der Waals surface area contributed by atoms with Gasteiger partial charge >= 0.3 is 0 Å². The van der Waals surface area contributed by atoms with Crippen LogP contribution in [0.5, 0.6) is 0 Å². The Bertz CT molecular complexity index is 620. The number of allylic oxidation sites excluding steroid dienone is 1. The van der Waals surface area contributed by atoms with Crippen molar-refractivity contribution in [3.05, 3.63) is 23.1 Å². The Morgan fingerprint density at radius 1 is 0.938 bits per heavy atom. The minimum Gasteiger partial charge on any atom is -0.321 e. The Balaban J connectivity index is 3.88. The summed E-state index contributed by atoms with van der Waals surface area (Å²) in [6.07, 6.45) is 6.07. The second-order valence-electron chi connectivity index (χ2n) is 7.86. The summed E-state index contributed by atoms with van der Waals surface area (Å²) in [5.74, 6) is 3.89. The van der Waals surface area contributed by atoms with Gasteiger partial charge in [0.25, 0.3) is 0 Å². The lowest BCUT2D eigenvalue weighted by Gasteiger charge is -2.13. The number of carbonyl (C=O) groups excluding carboxylic acids is 2. The van der Waals surface area contributed by atoms with E-state index in [0.29, 0.717) is 34.9 Å². The van der Waals surface area contributed by atoms with Gasteiger partial charge in [-0.2, -0.15) is 11.8 Å². The van der Waals surface area contributed by atoms with Gasteiger partial charge in [0.2, 0.25) is 11.8 Å². The lowest BCUT2D eigenvalue weighted by molar-refractivity contribution is -0.121. The standard InChI is InChI=1S/C24H43N3O2S3/c1-8-18(4)16-22(28)27-24(25-7)31-14-11-13-30-15-12-19(5)32-20(6)26-23(29)17-21(9-2)10-3/h18,21H,5-6,8-17H2,1-4,7H3,(H,26,29)(H,25,27,28). The number of thioether (sulfide) groups is 3. The highest BCUT2D eigenvalue weighted by Crippen LogP contribution is 2.25. The van der Waals surface area contributed by atoms with Crippen molar-refractivity contribution in [1.82, 2.24) is 10.6 Å². The molecule has 2 amide bonds. The number of amides is 2. The molecule has 0 aromatic carbocycles. The van der Waals surface area contributed by atoms with E-state index in [1.54, 1.807) is 18.8 Å². The van der Waals surface area contributed by atoms with Crippen LogP contribution in [0.3, 0.4) is 0 Å². The summed E-state index contributed by atoms with van der Waals surface area (Å²) in [6, 6.07) is 0. The Labute approximate surface area is 208 Å². The SMILES string of the molecule is C=C(CCSCCCS/C(=N\C)NC(=O)CC(C)CC)SC(=C)NC(=O)CC(CC)CC. The first-order valence-electron chi connectivity index (χ1n) is 11.6. The topological polar surface area (TPSA) is 70.6 Å². The molecule has 1 unspecified atom stereocenters. The van der Waals surface area contributed by atoms with E-state index in [0.717, 1.165) is 54.3 Å². The number of nitrogens with one attached hydrogen (secondary N) is 2. The zero-order valence-electron chi connectivity index (χ0n) is 20.6. The van der Waals surface area contributed by atoms with Crippen molar-refractivity contribution in [1.29, 1.82) is 0 Å². The Hall–Kier alpha value is -0.860. The second-order valence-corrected chi connectivity index (χ2v) is 11.4. The molecule has 184 valence electrons. The molecule has 2 N–H and O–H groups in total. The summed E-state index contributed by atoms with van der Waals surface area (Å²) < 4.78 is 0. The summed E-state index contributed by atoms with van der Waals surface area (Å²) in [5, 5.41) is 7.17. The van der Waals surface area contributed by atoms with Crippen molar-refractivity contribution in [3.63, 3.8) is 0 Å². The number of amidine groups is 1. The van der Waals surface area contributed by atoms with Crippen molar-refractivity contribution in [2.75, 3.05) is 24.3 Å². The zero-order valence-corrected chi connectivity index (χ0v) is 23.1. The molecule has 0 fully saturated rings. The van der Waals surface area contributed by atoms with Crippen molar-refractivity contribution >= 4 is 52.3 Å².